The van der Waals surface area contributed by atoms with Crippen LogP contribution in [-0.4, -0.2) is 61.5 Å². The molecule has 0 radical (unpaired) electrons. The highest BCUT2D eigenvalue weighted by atomic mass is 16.6. The third-order valence-electron chi connectivity index (χ3n) is 8.02. The number of likely N-dealkylation sites (tertiary alicyclic amines) is 1. The fraction of sp³-hybridized carbons (Fsp3) is 0.484. The van der Waals surface area contributed by atoms with Gasteiger partial charge in [0.15, 0.2) is 0 Å². The number of carbonyl (C=O) groups is 1. The van der Waals surface area contributed by atoms with Gasteiger partial charge in [-0.25, -0.2) is 9.78 Å². The molecule has 1 aliphatic heterocycles. The Balaban J connectivity index is 1.30. The zero-order valence-corrected chi connectivity index (χ0v) is 24.9. The van der Waals surface area contributed by atoms with Crippen molar-refractivity contribution in [3.63, 3.8) is 0 Å². The molecular weight excluding hydrogens is 532 g/mol. The van der Waals surface area contributed by atoms with Crippen LogP contribution < -0.4 is 10.6 Å². The summed E-state index contributed by atoms with van der Waals surface area (Å²) in [5.41, 5.74) is 3.33. The summed E-state index contributed by atoms with van der Waals surface area (Å²) in [5, 5.41) is 13.8. The summed E-state index contributed by atoms with van der Waals surface area (Å²) < 4.78 is 13.5. The first-order valence-corrected chi connectivity index (χ1v) is 14.3. The molecule has 2 N–H and O–H groups in total. The minimum atomic E-state index is -0.493. The number of nitriles is 1. The number of ether oxygens (including phenoxy) is 2. The Labute approximate surface area is 246 Å². The smallest absolute Gasteiger partial charge is 0.410 e. The van der Waals surface area contributed by atoms with Crippen molar-refractivity contribution in [2.75, 3.05) is 13.1 Å². The fourth-order valence-corrected chi connectivity index (χ4v) is 5.88. The van der Waals surface area contributed by atoms with Crippen LogP contribution in [0.2, 0.25) is 0 Å². The third-order valence-corrected chi connectivity index (χ3v) is 8.02. The molecule has 1 amide bonds. The molecule has 0 bridgehead atoms. The zero-order valence-electron chi connectivity index (χ0n) is 24.9. The molecule has 220 valence electrons. The number of hydrazone groups is 1. The van der Waals surface area contributed by atoms with Gasteiger partial charge in [-0.3, -0.25) is 14.4 Å². The van der Waals surface area contributed by atoms with E-state index in [1.54, 1.807) is 10.6 Å². The van der Waals surface area contributed by atoms with Gasteiger partial charge in [0.05, 0.1) is 23.6 Å². The lowest BCUT2D eigenvalue weighted by Crippen LogP contribution is -2.51. The van der Waals surface area contributed by atoms with Crippen LogP contribution in [0.15, 0.2) is 52.8 Å². The Bertz CT molecular complexity index is 1550. The standard InChI is InChI=1S/C31H38N8O3/c1-20(36-23-16-31(17-23)9-12-38(13-10-31)29(40)42-30(3,4)5)28(37-33)22-14-26-35-19-24(18-32)39(26)27(15-22)41-21(2)25-8-6-7-11-34-25/h6-8,11,14-15,19,21,23H,9-10,12-13,16-17,33H2,1-5H3/b36-20?,37-28+. The molecule has 5 rings (SSSR count). The van der Waals surface area contributed by atoms with E-state index in [-0.39, 0.29) is 23.7 Å². The predicted molar refractivity (Wildman–Crippen MR) is 160 cm³/mol. The summed E-state index contributed by atoms with van der Waals surface area (Å²) >= 11 is 0. The molecule has 1 aliphatic carbocycles. The Hall–Kier alpha value is -4.46. The molecule has 3 aromatic rings. The van der Waals surface area contributed by atoms with Crippen molar-refractivity contribution in [1.29, 1.82) is 5.26 Å². The lowest BCUT2D eigenvalue weighted by molar-refractivity contribution is -0.0106. The van der Waals surface area contributed by atoms with Gasteiger partial charge in [-0.05, 0) is 83.9 Å². The van der Waals surface area contributed by atoms with Crippen LogP contribution >= 0.6 is 0 Å². The van der Waals surface area contributed by atoms with Crippen molar-refractivity contribution in [2.24, 2.45) is 21.4 Å². The van der Waals surface area contributed by atoms with E-state index in [0.717, 1.165) is 37.1 Å². The van der Waals surface area contributed by atoms with Crippen LogP contribution in [0, 0.1) is 16.7 Å². The lowest BCUT2D eigenvalue weighted by Gasteiger charge is -2.51. The van der Waals surface area contributed by atoms with Crippen molar-refractivity contribution in [2.45, 2.75) is 78.0 Å². The molecule has 0 aromatic carbocycles. The summed E-state index contributed by atoms with van der Waals surface area (Å²) in [6, 6.07) is 11.6. The highest BCUT2D eigenvalue weighted by molar-refractivity contribution is 6.47. The van der Waals surface area contributed by atoms with Crippen LogP contribution in [0.1, 0.15) is 83.4 Å². The maximum Gasteiger partial charge on any atom is 0.410 e. The summed E-state index contributed by atoms with van der Waals surface area (Å²) in [7, 11) is 0. The number of aliphatic imine (C=N–C) groups is 1. The number of amides is 1. The number of aromatic nitrogens is 3. The van der Waals surface area contributed by atoms with E-state index in [1.807, 2.05) is 69.9 Å². The first kappa shape index (κ1) is 29.0. The lowest BCUT2D eigenvalue weighted by atomic mass is 9.60. The number of fused-ring (bicyclic) bond motifs is 1. The van der Waals surface area contributed by atoms with Gasteiger partial charge in [-0.2, -0.15) is 10.4 Å². The number of imidazole rings is 1. The second kappa shape index (κ2) is 11.4. The Morgan fingerprint density at radius 2 is 1.95 bits per heavy atom. The molecule has 11 heteroatoms. The largest absolute Gasteiger partial charge is 0.469 e. The van der Waals surface area contributed by atoms with Crippen LogP contribution in [0.4, 0.5) is 4.79 Å². The average Bonchev–Trinajstić information content (AvgIpc) is 3.36. The van der Waals surface area contributed by atoms with Crippen molar-refractivity contribution >= 4 is 23.2 Å². The number of piperidine rings is 1. The highest BCUT2D eigenvalue weighted by Crippen LogP contribution is 2.50. The van der Waals surface area contributed by atoms with Gasteiger partial charge in [0.2, 0.25) is 5.88 Å². The molecule has 1 spiro atoms. The number of hydrogen-bond donors (Lipinski definition) is 1. The second-order valence-electron chi connectivity index (χ2n) is 12.3. The van der Waals surface area contributed by atoms with E-state index in [1.165, 1.54) is 6.20 Å². The van der Waals surface area contributed by atoms with Gasteiger partial charge in [-0.15, -0.1) is 0 Å². The summed E-state index contributed by atoms with van der Waals surface area (Å²) in [5.74, 6) is 6.34. The van der Waals surface area contributed by atoms with E-state index in [9.17, 15) is 10.1 Å². The molecule has 11 nitrogen and oxygen atoms in total. The van der Waals surface area contributed by atoms with Gasteiger partial charge < -0.3 is 20.2 Å². The topological polar surface area (TPSA) is 143 Å². The summed E-state index contributed by atoms with van der Waals surface area (Å²) in [6.45, 7) is 10.9. The van der Waals surface area contributed by atoms with E-state index in [2.05, 4.69) is 21.1 Å². The molecular formula is C31H38N8O3. The molecule has 1 saturated carbocycles. The van der Waals surface area contributed by atoms with Crippen molar-refractivity contribution in [3.05, 3.63) is 59.7 Å². The average molecular weight is 571 g/mol. The Kier molecular flexibility index (Phi) is 7.91. The van der Waals surface area contributed by atoms with Crippen LogP contribution in [0.5, 0.6) is 5.88 Å². The number of pyridine rings is 2. The quantitative estimate of drug-likeness (QED) is 0.248. The number of nitrogens with zero attached hydrogens (tertiary/aromatic N) is 7. The van der Waals surface area contributed by atoms with Crippen molar-refractivity contribution in [3.8, 4) is 11.9 Å². The normalized spacial score (nSPS) is 18.4. The highest BCUT2D eigenvalue weighted by Gasteiger charge is 2.47. The number of rotatable bonds is 6. The maximum atomic E-state index is 12.5. The summed E-state index contributed by atoms with van der Waals surface area (Å²) in [6.07, 6.45) is 6.44. The zero-order chi connectivity index (χ0) is 30.1. The Morgan fingerprint density at radius 3 is 2.57 bits per heavy atom. The predicted octanol–water partition coefficient (Wildman–Crippen LogP) is 5.04. The van der Waals surface area contributed by atoms with Crippen LogP contribution in [0.25, 0.3) is 5.65 Å². The first-order chi connectivity index (χ1) is 20.0. The van der Waals surface area contributed by atoms with Gasteiger partial charge in [0.25, 0.3) is 0 Å². The van der Waals surface area contributed by atoms with Crippen LogP contribution in [-0.2, 0) is 4.74 Å². The van der Waals surface area contributed by atoms with E-state index in [4.69, 9.17) is 20.3 Å². The maximum absolute atomic E-state index is 12.5. The summed E-state index contributed by atoms with van der Waals surface area (Å²) in [4.78, 5) is 28.1. The van der Waals surface area contributed by atoms with Gasteiger partial charge in [0, 0.05) is 30.9 Å². The number of carbonyl (C=O) groups excluding carboxylic acids is 1. The first-order valence-electron chi connectivity index (χ1n) is 14.3. The molecule has 1 unspecified atom stereocenters. The molecule has 2 fully saturated rings. The molecule has 2 aliphatic rings. The molecule has 1 saturated heterocycles. The molecule has 42 heavy (non-hydrogen) atoms. The molecule has 4 heterocycles. The van der Waals surface area contributed by atoms with Crippen molar-refractivity contribution in [1.82, 2.24) is 19.3 Å². The Morgan fingerprint density at radius 1 is 1.21 bits per heavy atom. The number of nitrogens with two attached hydrogens (primary N) is 1. The van der Waals surface area contributed by atoms with E-state index >= 15 is 0 Å². The minimum Gasteiger partial charge on any atom is -0.469 e. The third kappa shape index (κ3) is 6.08. The molecule has 3 aromatic heterocycles. The molecule has 1 atom stereocenters. The van der Waals surface area contributed by atoms with E-state index < -0.39 is 5.60 Å². The van der Waals surface area contributed by atoms with Crippen LogP contribution in [0.3, 0.4) is 0 Å². The van der Waals surface area contributed by atoms with Gasteiger partial charge in [-0.1, -0.05) is 6.07 Å². The minimum absolute atomic E-state index is 0.162. The van der Waals surface area contributed by atoms with Gasteiger partial charge in [0.1, 0.15) is 34.8 Å². The van der Waals surface area contributed by atoms with E-state index in [0.29, 0.717) is 41.6 Å². The van der Waals surface area contributed by atoms with Gasteiger partial charge >= 0.3 is 6.09 Å². The SMILES string of the molecule is CC(=NC1CC2(CCN(C(=O)OC(C)(C)C)CC2)C1)/C(=N\N)c1cc(OC(C)c2ccccn2)n2c(C#N)cnc2c1. The monoisotopic (exact) mass is 570 g/mol. The van der Waals surface area contributed by atoms with Crippen molar-refractivity contribution < 1.29 is 14.3 Å². The number of hydrogen-bond acceptors (Lipinski definition) is 9. The second-order valence-corrected chi connectivity index (χ2v) is 12.3. The fourth-order valence-electron chi connectivity index (χ4n) is 5.88.